The fraction of sp³-hybridized carbons (Fsp3) is 0.600. The standard InChI is InChI=1S/C20H28N4O4/c25-19(15-8-4-3-5-9-15)21-22-20(26)16-10-11-17(18(14-16)24(27)28)23-12-6-1-2-7-13-23/h10-11,14-15H,1-9,12-13H2,(H,21,25)(H,22,26). The van der Waals surface area contributed by atoms with E-state index in [1.54, 1.807) is 12.1 Å². The van der Waals surface area contributed by atoms with E-state index in [4.69, 9.17) is 0 Å². The van der Waals surface area contributed by atoms with Crippen molar-refractivity contribution in [1.82, 2.24) is 10.9 Å². The molecule has 2 amide bonds. The lowest BCUT2D eigenvalue weighted by molar-refractivity contribution is -0.384. The first-order valence-corrected chi connectivity index (χ1v) is 10.2. The average Bonchev–Trinajstić information content (AvgIpc) is 3.01. The molecule has 1 saturated carbocycles. The lowest BCUT2D eigenvalue weighted by atomic mass is 9.89. The Labute approximate surface area is 164 Å². The highest BCUT2D eigenvalue weighted by Gasteiger charge is 2.24. The number of amides is 2. The lowest BCUT2D eigenvalue weighted by Gasteiger charge is -2.22. The zero-order chi connectivity index (χ0) is 19.9. The van der Waals surface area contributed by atoms with E-state index in [0.717, 1.165) is 70.9 Å². The maximum absolute atomic E-state index is 12.4. The molecule has 2 N–H and O–H groups in total. The Morgan fingerprint density at radius 1 is 0.964 bits per heavy atom. The molecular formula is C20H28N4O4. The third-order valence-electron chi connectivity index (χ3n) is 5.66. The Balaban J connectivity index is 1.67. The van der Waals surface area contributed by atoms with E-state index < -0.39 is 10.8 Å². The first kappa shape index (κ1) is 20.1. The van der Waals surface area contributed by atoms with Crippen LogP contribution >= 0.6 is 0 Å². The fourth-order valence-corrected chi connectivity index (χ4v) is 4.05. The second-order valence-electron chi connectivity index (χ2n) is 7.64. The molecule has 0 radical (unpaired) electrons. The van der Waals surface area contributed by atoms with Gasteiger partial charge >= 0.3 is 0 Å². The molecule has 0 aromatic heterocycles. The summed E-state index contributed by atoms with van der Waals surface area (Å²) in [5.41, 5.74) is 5.50. The predicted octanol–water partition coefficient (Wildman–Crippen LogP) is 3.32. The van der Waals surface area contributed by atoms with E-state index in [1.807, 2.05) is 4.90 Å². The minimum Gasteiger partial charge on any atom is -0.366 e. The van der Waals surface area contributed by atoms with Crippen LogP contribution in [0.3, 0.4) is 0 Å². The van der Waals surface area contributed by atoms with Gasteiger partial charge in [-0.2, -0.15) is 0 Å². The lowest BCUT2D eigenvalue weighted by Crippen LogP contribution is -2.45. The second kappa shape index (κ2) is 9.52. The number of benzene rings is 1. The molecule has 8 nitrogen and oxygen atoms in total. The van der Waals surface area contributed by atoms with Gasteiger partial charge in [0.05, 0.1) is 4.92 Å². The molecule has 0 atom stereocenters. The average molecular weight is 388 g/mol. The monoisotopic (exact) mass is 388 g/mol. The zero-order valence-electron chi connectivity index (χ0n) is 16.1. The molecule has 152 valence electrons. The first-order valence-electron chi connectivity index (χ1n) is 10.2. The Bertz CT molecular complexity index is 723. The molecule has 0 bridgehead atoms. The Hall–Kier alpha value is -2.64. The highest BCUT2D eigenvalue weighted by Crippen LogP contribution is 2.31. The maximum atomic E-state index is 12.4. The van der Waals surface area contributed by atoms with Gasteiger partial charge in [-0.3, -0.25) is 30.6 Å². The van der Waals surface area contributed by atoms with Gasteiger partial charge in [0.15, 0.2) is 0 Å². The van der Waals surface area contributed by atoms with Crippen molar-refractivity contribution in [2.24, 2.45) is 5.92 Å². The van der Waals surface area contributed by atoms with Gasteiger partial charge in [-0.25, -0.2) is 0 Å². The summed E-state index contributed by atoms with van der Waals surface area (Å²) >= 11 is 0. The van der Waals surface area contributed by atoms with Crippen LogP contribution in [0, 0.1) is 16.0 Å². The molecule has 1 heterocycles. The van der Waals surface area contributed by atoms with Crippen LogP contribution in [0.2, 0.25) is 0 Å². The number of nitro groups is 1. The number of carbonyl (C=O) groups excluding carboxylic acids is 2. The molecule has 1 aliphatic heterocycles. The SMILES string of the molecule is O=C(NNC(=O)C1CCCCC1)c1ccc(N2CCCCCC2)c([N+](=O)[O-])c1. The van der Waals surface area contributed by atoms with Gasteiger partial charge in [-0.15, -0.1) is 0 Å². The van der Waals surface area contributed by atoms with Gasteiger partial charge in [0.1, 0.15) is 5.69 Å². The number of carbonyl (C=O) groups is 2. The summed E-state index contributed by atoms with van der Waals surface area (Å²) in [5, 5.41) is 11.6. The quantitative estimate of drug-likeness (QED) is 0.608. The summed E-state index contributed by atoms with van der Waals surface area (Å²) in [7, 11) is 0. The van der Waals surface area contributed by atoms with E-state index >= 15 is 0 Å². The molecular weight excluding hydrogens is 360 g/mol. The van der Waals surface area contributed by atoms with Crippen LogP contribution in [0.1, 0.15) is 68.1 Å². The maximum Gasteiger partial charge on any atom is 0.293 e. The molecule has 0 unspecified atom stereocenters. The molecule has 1 aliphatic carbocycles. The number of rotatable bonds is 4. The Morgan fingerprint density at radius 2 is 1.61 bits per heavy atom. The minimum atomic E-state index is -0.547. The molecule has 0 spiro atoms. The van der Waals surface area contributed by atoms with E-state index in [0.29, 0.717) is 5.69 Å². The summed E-state index contributed by atoms with van der Waals surface area (Å²) in [4.78, 5) is 37.7. The van der Waals surface area contributed by atoms with Crippen molar-refractivity contribution in [3.8, 4) is 0 Å². The number of anilines is 1. The van der Waals surface area contributed by atoms with Gasteiger partial charge in [-0.05, 0) is 37.8 Å². The number of hydrazine groups is 1. The van der Waals surface area contributed by atoms with Crippen molar-refractivity contribution in [1.29, 1.82) is 0 Å². The van der Waals surface area contributed by atoms with Crippen molar-refractivity contribution >= 4 is 23.2 Å². The number of hydrogen-bond donors (Lipinski definition) is 2. The second-order valence-corrected chi connectivity index (χ2v) is 7.64. The van der Waals surface area contributed by atoms with Crippen LogP contribution in [-0.4, -0.2) is 29.8 Å². The highest BCUT2D eigenvalue weighted by molar-refractivity contribution is 5.97. The molecule has 28 heavy (non-hydrogen) atoms. The van der Waals surface area contributed by atoms with Crippen molar-refractivity contribution in [2.45, 2.75) is 57.8 Å². The summed E-state index contributed by atoms with van der Waals surface area (Å²) in [5.74, 6) is -0.813. The van der Waals surface area contributed by atoms with Crippen LogP contribution in [0.25, 0.3) is 0 Å². The van der Waals surface area contributed by atoms with Crippen molar-refractivity contribution in [3.63, 3.8) is 0 Å². The number of nitrogens with zero attached hydrogens (tertiary/aromatic N) is 2. The molecule has 2 fully saturated rings. The van der Waals surface area contributed by atoms with Crippen LogP contribution in [0.5, 0.6) is 0 Å². The van der Waals surface area contributed by atoms with Crippen LogP contribution in [0.4, 0.5) is 11.4 Å². The summed E-state index contributed by atoms with van der Waals surface area (Å²) < 4.78 is 0. The minimum absolute atomic E-state index is 0.0752. The predicted molar refractivity (Wildman–Crippen MR) is 106 cm³/mol. The smallest absolute Gasteiger partial charge is 0.293 e. The summed E-state index contributed by atoms with van der Waals surface area (Å²) in [6, 6.07) is 4.51. The molecule has 1 aromatic carbocycles. The van der Waals surface area contributed by atoms with E-state index in [-0.39, 0.29) is 23.1 Å². The normalized spacial score (nSPS) is 18.2. The largest absolute Gasteiger partial charge is 0.366 e. The van der Waals surface area contributed by atoms with Gasteiger partial charge in [0.25, 0.3) is 11.6 Å². The Kier molecular flexibility index (Phi) is 6.84. The zero-order valence-corrected chi connectivity index (χ0v) is 16.1. The van der Waals surface area contributed by atoms with E-state index in [1.165, 1.54) is 6.07 Å². The molecule has 1 saturated heterocycles. The van der Waals surface area contributed by atoms with Crippen molar-refractivity contribution in [3.05, 3.63) is 33.9 Å². The van der Waals surface area contributed by atoms with Crippen molar-refractivity contribution < 1.29 is 14.5 Å². The van der Waals surface area contributed by atoms with Gasteiger partial charge < -0.3 is 4.90 Å². The fourth-order valence-electron chi connectivity index (χ4n) is 4.05. The summed E-state index contributed by atoms with van der Waals surface area (Å²) in [6.07, 6.45) is 9.13. The number of nitrogens with one attached hydrogen (secondary N) is 2. The van der Waals surface area contributed by atoms with Crippen LogP contribution < -0.4 is 15.8 Å². The molecule has 1 aromatic rings. The summed E-state index contributed by atoms with van der Waals surface area (Å²) in [6.45, 7) is 1.56. The third-order valence-corrected chi connectivity index (χ3v) is 5.66. The molecule has 3 rings (SSSR count). The van der Waals surface area contributed by atoms with Gasteiger partial charge in [-0.1, -0.05) is 32.1 Å². The third kappa shape index (κ3) is 4.99. The number of hydrogen-bond acceptors (Lipinski definition) is 5. The molecule has 8 heteroatoms. The molecule has 2 aliphatic rings. The highest BCUT2D eigenvalue weighted by atomic mass is 16.6. The van der Waals surface area contributed by atoms with Gasteiger partial charge in [0.2, 0.25) is 5.91 Å². The van der Waals surface area contributed by atoms with Crippen molar-refractivity contribution in [2.75, 3.05) is 18.0 Å². The van der Waals surface area contributed by atoms with Crippen LogP contribution in [0.15, 0.2) is 18.2 Å². The van der Waals surface area contributed by atoms with E-state index in [2.05, 4.69) is 10.9 Å². The topological polar surface area (TPSA) is 105 Å². The number of nitro benzene ring substituents is 1. The van der Waals surface area contributed by atoms with Gasteiger partial charge in [0, 0.05) is 30.6 Å². The Morgan fingerprint density at radius 3 is 2.25 bits per heavy atom. The van der Waals surface area contributed by atoms with E-state index in [9.17, 15) is 19.7 Å². The first-order chi connectivity index (χ1) is 13.6. The van der Waals surface area contributed by atoms with Crippen LogP contribution in [-0.2, 0) is 4.79 Å².